The monoisotopic (exact) mass is 262 g/mol. The molecule has 0 saturated carbocycles. The molecule has 0 radical (unpaired) electrons. The summed E-state index contributed by atoms with van der Waals surface area (Å²) in [6, 6.07) is 4.44. The summed E-state index contributed by atoms with van der Waals surface area (Å²) >= 11 is 0. The Bertz CT molecular complexity index is 639. The molecule has 19 heavy (non-hydrogen) atoms. The van der Waals surface area contributed by atoms with Gasteiger partial charge in [0, 0.05) is 18.2 Å². The number of fused-ring (bicyclic) bond motifs is 1. The Morgan fingerprint density at radius 2 is 2.42 bits per heavy atom. The second-order valence-electron chi connectivity index (χ2n) is 4.46. The fourth-order valence-electron chi connectivity index (χ4n) is 2.20. The Labute approximate surface area is 108 Å². The number of carboxylic acids is 1. The van der Waals surface area contributed by atoms with Crippen molar-refractivity contribution in [3.8, 4) is 5.75 Å². The van der Waals surface area contributed by atoms with E-state index < -0.39 is 5.97 Å². The van der Waals surface area contributed by atoms with Crippen LogP contribution in [0.15, 0.2) is 30.7 Å². The normalized spacial score (nSPS) is 17.0. The van der Waals surface area contributed by atoms with E-state index in [0.717, 1.165) is 5.56 Å². The molecule has 0 aliphatic carbocycles. The largest absolute Gasteiger partial charge is 0.488 e. The topological polar surface area (TPSA) is 64.3 Å². The molecular weight excluding hydrogens is 251 g/mol. The van der Waals surface area contributed by atoms with Gasteiger partial charge in [0.25, 0.3) is 0 Å². The van der Waals surface area contributed by atoms with Gasteiger partial charge in [-0.15, -0.1) is 0 Å². The lowest BCUT2D eigenvalue weighted by Crippen LogP contribution is -2.19. The fraction of sp³-hybridized carbons (Fsp3) is 0.231. The summed E-state index contributed by atoms with van der Waals surface area (Å²) < 4.78 is 20.4. The van der Waals surface area contributed by atoms with Crippen LogP contribution >= 0.6 is 0 Å². The Hall–Kier alpha value is -2.37. The van der Waals surface area contributed by atoms with Gasteiger partial charge < -0.3 is 14.4 Å². The first-order valence-corrected chi connectivity index (χ1v) is 5.82. The quantitative estimate of drug-likeness (QED) is 0.914. The lowest BCUT2D eigenvalue weighted by Gasteiger charge is -2.10. The van der Waals surface area contributed by atoms with Gasteiger partial charge >= 0.3 is 5.97 Å². The van der Waals surface area contributed by atoms with E-state index in [1.807, 2.05) is 0 Å². The van der Waals surface area contributed by atoms with Gasteiger partial charge in [0.15, 0.2) is 5.69 Å². The van der Waals surface area contributed by atoms with Crippen LogP contribution in [-0.4, -0.2) is 26.7 Å². The SMILES string of the molecule is O=C(O)c1cn(CC2Cc3cc(F)ccc3O2)cn1. The highest BCUT2D eigenvalue weighted by Gasteiger charge is 2.23. The van der Waals surface area contributed by atoms with Gasteiger partial charge in [-0.2, -0.15) is 0 Å². The number of nitrogens with zero attached hydrogens (tertiary/aromatic N) is 2. The van der Waals surface area contributed by atoms with Gasteiger partial charge in [-0.05, 0) is 18.2 Å². The van der Waals surface area contributed by atoms with Crippen LogP contribution in [0.4, 0.5) is 4.39 Å². The van der Waals surface area contributed by atoms with E-state index in [-0.39, 0.29) is 17.6 Å². The average Bonchev–Trinajstić information content (AvgIpc) is 2.95. The van der Waals surface area contributed by atoms with Gasteiger partial charge in [-0.3, -0.25) is 0 Å². The molecule has 6 heteroatoms. The van der Waals surface area contributed by atoms with Crippen LogP contribution in [0.3, 0.4) is 0 Å². The summed E-state index contributed by atoms with van der Waals surface area (Å²) in [5.74, 6) is -0.653. The molecule has 1 aromatic carbocycles. The van der Waals surface area contributed by atoms with Gasteiger partial charge in [0.2, 0.25) is 0 Å². The van der Waals surface area contributed by atoms with Gasteiger partial charge in [-0.25, -0.2) is 14.2 Å². The first-order chi connectivity index (χ1) is 9.11. The second-order valence-corrected chi connectivity index (χ2v) is 4.46. The molecule has 98 valence electrons. The number of halogens is 1. The number of carbonyl (C=O) groups is 1. The Morgan fingerprint density at radius 1 is 1.58 bits per heavy atom. The zero-order chi connectivity index (χ0) is 13.4. The van der Waals surface area contributed by atoms with Gasteiger partial charge in [-0.1, -0.05) is 0 Å². The Morgan fingerprint density at radius 3 is 3.16 bits per heavy atom. The highest BCUT2D eigenvalue weighted by molar-refractivity contribution is 5.84. The van der Waals surface area contributed by atoms with E-state index in [1.165, 1.54) is 24.7 Å². The summed E-state index contributed by atoms with van der Waals surface area (Å²) in [6.45, 7) is 0.483. The van der Waals surface area contributed by atoms with Gasteiger partial charge in [0.1, 0.15) is 17.7 Å². The number of aromatic nitrogens is 2. The van der Waals surface area contributed by atoms with Crippen molar-refractivity contribution in [2.24, 2.45) is 0 Å². The highest BCUT2D eigenvalue weighted by Crippen LogP contribution is 2.29. The highest BCUT2D eigenvalue weighted by atomic mass is 19.1. The van der Waals surface area contributed by atoms with Crippen molar-refractivity contribution in [2.45, 2.75) is 19.1 Å². The molecule has 0 bridgehead atoms. The third-order valence-electron chi connectivity index (χ3n) is 3.03. The van der Waals surface area contributed by atoms with Crippen molar-refractivity contribution < 1.29 is 19.0 Å². The summed E-state index contributed by atoms with van der Waals surface area (Å²) in [7, 11) is 0. The third kappa shape index (κ3) is 2.29. The zero-order valence-electron chi connectivity index (χ0n) is 9.91. The van der Waals surface area contributed by atoms with E-state index >= 15 is 0 Å². The molecule has 2 heterocycles. The summed E-state index contributed by atoms with van der Waals surface area (Å²) in [6.07, 6.45) is 3.38. The lowest BCUT2D eigenvalue weighted by molar-refractivity contribution is 0.0690. The van der Waals surface area contributed by atoms with Crippen LogP contribution in [0.1, 0.15) is 16.1 Å². The van der Waals surface area contributed by atoms with Crippen molar-refractivity contribution in [1.29, 1.82) is 0 Å². The minimum absolute atomic E-state index is 0.00144. The summed E-state index contributed by atoms with van der Waals surface area (Å²) in [5.41, 5.74) is 0.838. The van der Waals surface area contributed by atoms with E-state index in [1.54, 1.807) is 10.6 Å². The molecule has 0 saturated heterocycles. The van der Waals surface area contributed by atoms with Crippen LogP contribution in [0.5, 0.6) is 5.75 Å². The van der Waals surface area contributed by atoms with Crippen molar-refractivity contribution in [1.82, 2.24) is 9.55 Å². The Kier molecular flexibility index (Phi) is 2.70. The van der Waals surface area contributed by atoms with Crippen molar-refractivity contribution in [3.05, 3.63) is 47.8 Å². The maximum absolute atomic E-state index is 13.1. The maximum Gasteiger partial charge on any atom is 0.356 e. The zero-order valence-corrected chi connectivity index (χ0v) is 9.91. The molecule has 1 N–H and O–H groups in total. The average molecular weight is 262 g/mol. The van der Waals surface area contributed by atoms with Crippen molar-refractivity contribution in [3.63, 3.8) is 0 Å². The first kappa shape index (κ1) is 11.7. The van der Waals surface area contributed by atoms with E-state index in [9.17, 15) is 9.18 Å². The lowest BCUT2D eigenvalue weighted by atomic mass is 10.1. The van der Waals surface area contributed by atoms with Crippen LogP contribution in [0, 0.1) is 5.82 Å². The molecular formula is C13H11FN2O3. The minimum Gasteiger partial charge on any atom is -0.488 e. The van der Waals surface area contributed by atoms with E-state index in [2.05, 4.69) is 4.98 Å². The standard InChI is InChI=1S/C13H11FN2O3/c14-9-1-2-12-8(3-9)4-10(19-12)5-16-6-11(13(17)18)15-7-16/h1-3,6-7,10H,4-5H2,(H,17,18). The molecule has 5 nitrogen and oxygen atoms in total. The number of rotatable bonds is 3. The van der Waals surface area contributed by atoms with Crippen LogP contribution < -0.4 is 4.74 Å². The van der Waals surface area contributed by atoms with Gasteiger partial charge in [0.05, 0.1) is 12.9 Å². The number of hydrogen-bond donors (Lipinski definition) is 1. The molecule has 2 aromatic rings. The predicted octanol–water partition coefficient (Wildman–Crippen LogP) is 1.72. The molecule has 0 spiro atoms. The summed E-state index contributed by atoms with van der Waals surface area (Å²) in [4.78, 5) is 14.5. The molecule has 1 unspecified atom stereocenters. The van der Waals surface area contributed by atoms with E-state index in [0.29, 0.717) is 18.7 Å². The number of carboxylic acid groups (broad SMARTS) is 1. The molecule has 1 aliphatic rings. The Balaban J connectivity index is 1.71. The number of benzene rings is 1. The van der Waals surface area contributed by atoms with Crippen LogP contribution in [0.25, 0.3) is 0 Å². The maximum atomic E-state index is 13.1. The smallest absolute Gasteiger partial charge is 0.356 e. The van der Waals surface area contributed by atoms with Crippen LogP contribution in [-0.2, 0) is 13.0 Å². The fourth-order valence-corrected chi connectivity index (χ4v) is 2.20. The second kappa shape index (κ2) is 4.38. The van der Waals surface area contributed by atoms with E-state index in [4.69, 9.17) is 9.84 Å². The van der Waals surface area contributed by atoms with Crippen molar-refractivity contribution in [2.75, 3.05) is 0 Å². The number of hydrogen-bond acceptors (Lipinski definition) is 3. The molecule has 3 rings (SSSR count). The summed E-state index contributed by atoms with van der Waals surface area (Å²) in [5, 5.41) is 8.78. The molecule has 1 aliphatic heterocycles. The molecule has 1 atom stereocenters. The molecule has 0 amide bonds. The number of ether oxygens (including phenoxy) is 1. The number of imidazole rings is 1. The third-order valence-corrected chi connectivity index (χ3v) is 3.03. The first-order valence-electron chi connectivity index (χ1n) is 5.82. The van der Waals surface area contributed by atoms with Crippen LogP contribution in [0.2, 0.25) is 0 Å². The van der Waals surface area contributed by atoms with Crippen molar-refractivity contribution >= 4 is 5.97 Å². The molecule has 0 fully saturated rings. The minimum atomic E-state index is -1.06. The molecule has 1 aromatic heterocycles. The number of aromatic carboxylic acids is 1. The predicted molar refractivity (Wildman–Crippen MR) is 63.7 cm³/mol.